The summed E-state index contributed by atoms with van der Waals surface area (Å²) in [7, 11) is 0. The molecule has 0 aliphatic carbocycles. The minimum atomic E-state index is -0.549. The molecule has 158 valence electrons. The number of halogens is 3. The van der Waals surface area contributed by atoms with Crippen LogP contribution in [0.2, 0.25) is 10.0 Å². The molecule has 0 bridgehead atoms. The van der Waals surface area contributed by atoms with Crippen LogP contribution in [-0.4, -0.2) is 23.1 Å². The van der Waals surface area contributed by atoms with E-state index in [0.29, 0.717) is 40.3 Å². The molecule has 9 heteroatoms. The summed E-state index contributed by atoms with van der Waals surface area (Å²) >= 11 is 12.1. The van der Waals surface area contributed by atoms with E-state index in [-0.39, 0.29) is 11.7 Å². The van der Waals surface area contributed by atoms with Crippen LogP contribution in [0.1, 0.15) is 12.0 Å². The monoisotopic (exact) mass is 458 g/mol. The Bertz CT molecular complexity index is 1110. The van der Waals surface area contributed by atoms with Crippen LogP contribution in [0.5, 0.6) is 11.5 Å². The van der Waals surface area contributed by atoms with Crippen molar-refractivity contribution in [1.29, 1.82) is 0 Å². The van der Waals surface area contributed by atoms with E-state index in [2.05, 4.69) is 15.4 Å². The average Bonchev–Trinajstić information content (AvgIpc) is 3.24. The van der Waals surface area contributed by atoms with Gasteiger partial charge >= 0.3 is 0 Å². The zero-order valence-electron chi connectivity index (χ0n) is 16.1. The van der Waals surface area contributed by atoms with Gasteiger partial charge in [0.05, 0.1) is 10.0 Å². The fourth-order valence-corrected chi connectivity index (χ4v) is 3.50. The Morgan fingerprint density at radius 1 is 1.13 bits per heavy atom. The molecule has 0 saturated carbocycles. The van der Waals surface area contributed by atoms with Crippen LogP contribution in [0.15, 0.2) is 65.9 Å². The minimum absolute atomic E-state index is 0.197. The number of benzene rings is 2. The zero-order valence-corrected chi connectivity index (χ0v) is 17.6. The van der Waals surface area contributed by atoms with E-state index in [1.807, 2.05) is 12.1 Å². The van der Waals surface area contributed by atoms with Crippen molar-refractivity contribution < 1.29 is 13.9 Å². The Kier molecular flexibility index (Phi) is 6.34. The molecule has 1 unspecified atom stereocenters. The van der Waals surface area contributed by atoms with Crippen molar-refractivity contribution in [2.75, 3.05) is 5.01 Å². The molecule has 0 fully saturated rings. The maximum Gasteiger partial charge on any atom is 0.245 e. The Labute approximate surface area is 188 Å². The molecule has 2 heterocycles. The first-order valence-electron chi connectivity index (χ1n) is 9.42. The maximum absolute atomic E-state index is 13.0. The smallest absolute Gasteiger partial charge is 0.245 e. The van der Waals surface area contributed by atoms with Gasteiger partial charge in [0.2, 0.25) is 5.91 Å². The fourth-order valence-electron chi connectivity index (χ4n) is 3.03. The summed E-state index contributed by atoms with van der Waals surface area (Å²) in [4.78, 5) is 16.9. The van der Waals surface area contributed by atoms with Crippen molar-refractivity contribution in [2.24, 2.45) is 5.10 Å². The first kappa shape index (κ1) is 21.1. The average molecular weight is 459 g/mol. The molecule has 1 N–H and O–H groups in total. The van der Waals surface area contributed by atoms with Crippen molar-refractivity contribution in [3.05, 3.63) is 82.2 Å². The van der Waals surface area contributed by atoms with Gasteiger partial charge in [0.25, 0.3) is 0 Å². The topological polar surface area (TPSA) is 66.8 Å². The molecular formula is C22H17Cl2FN4O2. The highest BCUT2D eigenvalue weighted by molar-refractivity contribution is 6.36. The first-order valence-corrected chi connectivity index (χ1v) is 10.2. The van der Waals surface area contributed by atoms with Crippen LogP contribution in [0.3, 0.4) is 0 Å². The maximum atomic E-state index is 13.0. The molecular weight excluding hydrogens is 442 g/mol. The second kappa shape index (κ2) is 9.32. The Hall–Kier alpha value is -3.16. The predicted molar refractivity (Wildman–Crippen MR) is 118 cm³/mol. The number of carbonyl (C=O) groups is 1. The van der Waals surface area contributed by atoms with Gasteiger partial charge in [-0.2, -0.15) is 5.10 Å². The zero-order chi connectivity index (χ0) is 21.8. The second-order valence-electron chi connectivity index (χ2n) is 6.77. The molecule has 4 rings (SSSR count). The van der Waals surface area contributed by atoms with E-state index in [9.17, 15) is 9.18 Å². The van der Waals surface area contributed by atoms with Crippen LogP contribution >= 0.6 is 23.2 Å². The quantitative estimate of drug-likeness (QED) is 0.550. The Morgan fingerprint density at radius 2 is 1.81 bits per heavy atom. The molecule has 3 aromatic rings. The third-order valence-electron chi connectivity index (χ3n) is 4.58. The highest BCUT2D eigenvalue weighted by Crippen LogP contribution is 2.30. The molecule has 0 saturated heterocycles. The number of anilines is 1. The molecule has 6 nitrogen and oxygen atoms in total. The molecule has 0 spiro atoms. The first-order chi connectivity index (χ1) is 15.0. The van der Waals surface area contributed by atoms with E-state index in [4.69, 9.17) is 27.9 Å². The summed E-state index contributed by atoms with van der Waals surface area (Å²) in [5, 5.41) is 9.36. The summed E-state index contributed by atoms with van der Waals surface area (Å²) in [6.07, 6.45) is 3.55. The summed E-state index contributed by atoms with van der Waals surface area (Å²) in [5.74, 6) is 1.01. The Balaban J connectivity index is 1.35. The number of nitrogens with zero attached hydrogens (tertiary/aromatic N) is 3. The Morgan fingerprint density at radius 3 is 2.48 bits per heavy atom. The highest BCUT2D eigenvalue weighted by Gasteiger charge is 2.31. The number of nitrogens with one attached hydrogen (secondary N) is 1. The van der Waals surface area contributed by atoms with Crippen LogP contribution < -0.4 is 15.1 Å². The van der Waals surface area contributed by atoms with Crippen LogP contribution in [0.25, 0.3) is 0 Å². The van der Waals surface area contributed by atoms with E-state index < -0.39 is 6.04 Å². The molecule has 1 aliphatic rings. The van der Waals surface area contributed by atoms with Gasteiger partial charge in [0.15, 0.2) is 5.82 Å². The number of hydrazone groups is 1. The lowest BCUT2D eigenvalue weighted by molar-refractivity contribution is -0.122. The normalized spacial score (nSPS) is 15.2. The highest BCUT2D eigenvalue weighted by atomic mass is 35.5. The number of ether oxygens (including phenoxy) is 1. The van der Waals surface area contributed by atoms with Gasteiger partial charge in [0, 0.05) is 25.4 Å². The lowest BCUT2D eigenvalue weighted by atomic mass is 10.2. The molecule has 2 aromatic carbocycles. The summed E-state index contributed by atoms with van der Waals surface area (Å²) in [5.41, 5.74) is 0.896. The van der Waals surface area contributed by atoms with Crippen molar-refractivity contribution in [3.8, 4) is 11.5 Å². The molecule has 1 amide bonds. The van der Waals surface area contributed by atoms with E-state index in [1.165, 1.54) is 23.3 Å². The van der Waals surface area contributed by atoms with Gasteiger partial charge in [-0.3, -0.25) is 4.79 Å². The van der Waals surface area contributed by atoms with E-state index >= 15 is 0 Å². The molecule has 31 heavy (non-hydrogen) atoms. The fraction of sp³-hybridized carbons (Fsp3) is 0.136. The number of hydrogen-bond acceptors (Lipinski definition) is 5. The summed E-state index contributed by atoms with van der Waals surface area (Å²) in [6, 6.07) is 14.1. The number of pyridine rings is 1. The van der Waals surface area contributed by atoms with Gasteiger partial charge < -0.3 is 10.1 Å². The second-order valence-corrected chi connectivity index (χ2v) is 7.61. The van der Waals surface area contributed by atoms with E-state index in [1.54, 1.807) is 36.5 Å². The lowest BCUT2D eigenvalue weighted by Gasteiger charge is -2.22. The van der Waals surface area contributed by atoms with E-state index in [0.717, 1.165) is 5.56 Å². The predicted octanol–water partition coefficient (Wildman–Crippen LogP) is 5.20. The summed E-state index contributed by atoms with van der Waals surface area (Å²) in [6.45, 7) is 0.335. The van der Waals surface area contributed by atoms with Crippen molar-refractivity contribution >= 4 is 41.1 Å². The molecule has 0 radical (unpaired) electrons. The van der Waals surface area contributed by atoms with Crippen molar-refractivity contribution in [1.82, 2.24) is 10.3 Å². The van der Waals surface area contributed by atoms with Crippen molar-refractivity contribution in [2.45, 2.75) is 19.0 Å². The van der Waals surface area contributed by atoms with Gasteiger partial charge in [-0.15, -0.1) is 0 Å². The molecule has 1 atom stereocenters. The number of rotatable bonds is 6. The minimum Gasteiger partial charge on any atom is -0.457 e. The molecule has 1 aromatic heterocycles. The number of hydrogen-bond donors (Lipinski definition) is 1. The van der Waals surface area contributed by atoms with Gasteiger partial charge in [0.1, 0.15) is 23.4 Å². The van der Waals surface area contributed by atoms with Gasteiger partial charge in [-0.05, 0) is 48.0 Å². The third-order valence-corrected chi connectivity index (χ3v) is 5.06. The number of amides is 1. The van der Waals surface area contributed by atoms with Gasteiger partial charge in [-0.25, -0.2) is 14.4 Å². The van der Waals surface area contributed by atoms with Crippen LogP contribution in [0, 0.1) is 5.82 Å². The molecule has 1 aliphatic heterocycles. The van der Waals surface area contributed by atoms with Crippen LogP contribution in [0.4, 0.5) is 10.2 Å². The third kappa shape index (κ3) is 5.13. The lowest BCUT2D eigenvalue weighted by Crippen LogP contribution is -2.42. The summed E-state index contributed by atoms with van der Waals surface area (Å²) < 4.78 is 18.7. The standard InChI is InChI=1S/C22H17Cl2FN4O2/c23-15-11-19(24)21(26-13-15)29-20(9-10-28-29)22(30)27-12-14-1-5-17(6-2-14)31-18-7-3-16(25)4-8-18/h1-8,10-11,13,20H,9,12H2,(H,27,30). The SMILES string of the molecule is O=C(NCc1ccc(Oc2ccc(F)cc2)cc1)C1CC=NN1c1ncc(Cl)cc1Cl. The number of carbonyl (C=O) groups excluding carboxylic acids is 1. The van der Waals surface area contributed by atoms with Gasteiger partial charge in [-0.1, -0.05) is 35.3 Å². The van der Waals surface area contributed by atoms with Crippen LogP contribution in [-0.2, 0) is 11.3 Å². The van der Waals surface area contributed by atoms with Crippen molar-refractivity contribution in [3.63, 3.8) is 0 Å². The largest absolute Gasteiger partial charge is 0.457 e. The number of aromatic nitrogens is 1.